The lowest BCUT2D eigenvalue weighted by Gasteiger charge is -2.08. The summed E-state index contributed by atoms with van der Waals surface area (Å²) >= 11 is 1.40. The molecule has 0 radical (unpaired) electrons. The number of hydrogen-bond acceptors (Lipinski definition) is 5. The molecule has 27 heavy (non-hydrogen) atoms. The predicted octanol–water partition coefficient (Wildman–Crippen LogP) is 4.59. The van der Waals surface area contributed by atoms with Gasteiger partial charge in [0.25, 0.3) is 0 Å². The highest BCUT2D eigenvalue weighted by atomic mass is 32.2. The van der Waals surface area contributed by atoms with E-state index in [9.17, 15) is 9.59 Å². The maximum atomic E-state index is 12.5. The normalized spacial score (nSPS) is 10.9. The minimum atomic E-state index is -0.0183. The minimum Gasteiger partial charge on any atom is -0.326 e. The number of aromatic nitrogens is 2. The predicted molar refractivity (Wildman–Crippen MR) is 109 cm³/mol. The monoisotopic (exact) mass is 379 g/mol. The second-order valence-electron chi connectivity index (χ2n) is 6.63. The van der Waals surface area contributed by atoms with Gasteiger partial charge in [-0.1, -0.05) is 43.8 Å². The largest absolute Gasteiger partial charge is 0.326 e. The Labute approximate surface area is 162 Å². The zero-order valence-electron chi connectivity index (χ0n) is 15.3. The molecule has 0 atom stereocenters. The molecule has 0 bridgehead atoms. The lowest BCUT2D eigenvalue weighted by molar-refractivity contribution is -0.116. The topological polar surface area (TPSA) is 72.0 Å². The summed E-state index contributed by atoms with van der Waals surface area (Å²) in [6.07, 6.45) is 1.99. The zero-order valence-corrected chi connectivity index (χ0v) is 16.1. The molecule has 1 heterocycles. The van der Waals surface area contributed by atoms with Crippen molar-refractivity contribution < 1.29 is 9.59 Å². The van der Waals surface area contributed by atoms with Crippen LogP contribution in [0.3, 0.4) is 0 Å². The van der Waals surface area contributed by atoms with E-state index in [0.717, 1.165) is 15.9 Å². The summed E-state index contributed by atoms with van der Waals surface area (Å²) in [6.45, 7) is 4.00. The summed E-state index contributed by atoms with van der Waals surface area (Å²) in [6, 6.07) is 14.7. The van der Waals surface area contributed by atoms with E-state index in [-0.39, 0.29) is 11.7 Å². The number of benzene rings is 2. The Hall–Kier alpha value is -2.73. The fraction of sp³-hybridized carbons (Fsp3) is 0.238. The van der Waals surface area contributed by atoms with Crippen molar-refractivity contribution in [2.75, 3.05) is 11.1 Å². The number of hydrogen-bond donors (Lipinski definition) is 1. The van der Waals surface area contributed by atoms with Crippen molar-refractivity contribution >= 4 is 40.0 Å². The third-order valence-electron chi connectivity index (χ3n) is 3.93. The van der Waals surface area contributed by atoms with Gasteiger partial charge < -0.3 is 5.32 Å². The van der Waals surface area contributed by atoms with Crippen molar-refractivity contribution in [2.24, 2.45) is 5.92 Å². The second kappa shape index (κ2) is 8.77. The Morgan fingerprint density at radius 1 is 1.04 bits per heavy atom. The zero-order chi connectivity index (χ0) is 19.2. The number of nitrogens with one attached hydrogen (secondary N) is 1. The van der Waals surface area contributed by atoms with Crippen LogP contribution in [0.1, 0.15) is 30.6 Å². The van der Waals surface area contributed by atoms with E-state index in [2.05, 4.69) is 15.3 Å². The molecule has 0 aliphatic carbocycles. The molecule has 138 valence electrons. The van der Waals surface area contributed by atoms with Crippen LogP contribution in [0.2, 0.25) is 0 Å². The third kappa shape index (κ3) is 5.14. The van der Waals surface area contributed by atoms with Gasteiger partial charge in [0, 0.05) is 23.1 Å². The summed E-state index contributed by atoms with van der Waals surface area (Å²) in [4.78, 5) is 32.8. The first-order valence-electron chi connectivity index (χ1n) is 8.78. The van der Waals surface area contributed by atoms with Gasteiger partial charge in [0.05, 0.1) is 11.3 Å². The molecule has 0 aliphatic heterocycles. The molecule has 1 amide bonds. The maximum Gasteiger partial charge on any atom is 0.224 e. The van der Waals surface area contributed by atoms with Crippen molar-refractivity contribution in [3.8, 4) is 0 Å². The summed E-state index contributed by atoms with van der Waals surface area (Å²) in [5.41, 5.74) is 2.18. The van der Waals surface area contributed by atoms with Crippen LogP contribution in [-0.2, 0) is 4.79 Å². The Kier molecular flexibility index (Phi) is 6.19. The van der Waals surface area contributed by atoms with Crippen LogP contribution >= 0.6 is 11.8 Å². The number of fused-ring (bicyclic) bond motifs is 1. The molecule has 0 unspecified atom stereocenters. The number of para-hydroxylation sites is 1. The van der Waals surface area contributed by atoms with Gasteiger partial charge in [0.1, 0.15) is 11.4 Å². The summed E-state index contributed by atoms with van der Waals surface area (Å²) in [5.74, 6) is 0.596. The first kappa shape index (κ1) is 19.0. The SMILES string of the molecule is CC(C)CC(=O)Nc1ccc(C(=O)CSc2ncnc3ccccc23)cc1. The number of Topliss-reactive ketones (excluding diaryl/α,β-unsaturated/α-hetero) is 1. The Balaban J connectivity index is 1.62. The highest BCUT2D eigenvalue weighted by molar-refractivity contribution is 8.00. The number of carbonyl (C=O) groups is 2. The maximum absolute atomic E-state index is 12.5. The number of ketones is 1. The van der Waals surface area contributed by atoms with Crippen molar-refractivity contribution in [1.82, 2.24) is 9.97 Å². The van der Waals surface area contributed by atoms with Crippen LogP contribution in [0.4, 0.5) is 5.69 Å². The molecule has 2 aromatic carbocycles. The van der Waals surface area contributed by atoms with E-state index in [1.807, 2.05) is 38.1 Å². The Bertz CT molecular complexity index is 950. The van der Waals surface area contributed by atoms with E-state index in [1.165, 1.54) is 18.1 Å². The van der Waals surface area contributed by atoms with Gasteiger partial charge in [-0.3, -0.25) is 9.59 Å². The number of rotatable bonds is 7. The van der Waals surface area contributed by atoms with Gasteiger partial charge in [0.15, 0.2) is 5.78 Å². The van der Waals surface area contributed by atoms with E-state index < -0.39 is 0 Å². The summed E-state index contributed by atoms with van der Waals surface area (Å²) in [5, 5.41) is 4.59. The van der Waals surface area contributed by atoms with Gasteiger partial charge in [-0.15, -0.1) is 0 Å². The molecule has 1 N–H and O–H groups in total. The smallest absolute Gasteiger partial charge is 0.224 e. The fourth-order valence-corrected chi connectivity index (χ4v) is 3.52. The van der Waals surface area contributed by atoms with Crippen LogP contribution < -0.4 is 5.32 Å². The van der Waals surface area contributed by atoms with Gasteiger partial charge in [-0.2, -0.15) is 0 Å². The summed E-state index contributed by atoms with van der Waals surface area (Å²) < 4.78 is 0. The number of amides is 1. The standard InChI is InChI=1S/C21H21N3O2S/c1-14(2)11-20(26)24-16-9-7-15(8-10-16)19(25)12-27-21-17-5-3-4-6-18(17)22-13-23-21/h3-10,13-14H,11-12H2,1-2H3,(H,24,26). The average molecular weight is 379 g/mol. The van der Waals surface area contributed by atoms with E-state index >= 15 is 0 Å². The quantitative estimate of drug-likeness (QED) is 0.369. The van der Waals surface area contributed by atoms with Gasteiger partial charge in [0.2, 0.25) is 5.91 Å². The van der Waals surface area contributed by atoms with Crippen LogP contribution in [-0.4, -0.2) is 27.4 Å². The van der Waals surface area contributed by atoms with Crippen molar-refractivity contribution in [2.45, 2.75) is 25.3 Å². The van der Waals surface area contributed by atoms with Gasteiger partial charge in [-0.05, 0) is 36.2 Å². The molecule has 0 fully saturated rings. The number of nitrogens with zero attached hydrogens (tertiary/aromatic N) is 2. The second-order valence-corrected chi connectivity index (χ2v) is 7.60. The highest BCUT2D eigenvalue weighted by Crippen LogP contribution is 2.25. The van der Waals surface area contributed by atoms with Gasteiger partial charge in [-0.25, -0.2) is 9.97 Å². The molecule has 0 saturated heterocycles. The van der Waals surface area contributed by atoms with E-state index in [4.69, 9.17) is 0 Å². The average Bonchev–Trinajstić information content (AvgIpc) is 2.66. The number of carbonyl (C=O) groups excluding carboxylic acids is 2. The molecule has 0 saturated carbocycles. The third-order valence-corrected chi connectivity index (χ3v) is 4.94. The molecular formula is C21H21N3O2S. The van der Waals surface area contributed by atoms with E-state index in [0.29, 0.717) is 29.3 Å². The molecule has 0 aliphatic rings. The van der Waals surface area contributed by atoms with Gasteiger partial charge >= 0.3 is 0 Å². The van der Waals surface area contributed by atoms with Crippen LogP contribution in [0.25, 0.3) is 10.9 Å². The van der Waals surface area contributed by atoms with Crippen LogP contribution in [0.5, 0.6) is 0 Å². The van der Waals surface area contributed by atoms with Crippen LogP contribution in [0, 0.1) is 5.92 Å². The molecule has 3 aromatic rings. The lowest BCUT2D eigenvalue weighted by atomic mass is 10.1. The minimum absolute atomic E-state index is 0.0164. The van der Waals surface area contributed by atoms with Crippen molar-refractivity contribution in [3.63, 3.8) is 0 Å². The van der Waals surface area contributed by atoms with Crippen molar-refractivity contribution in [1.29, 1.82) is 0 Å². The number of anilines is 1. The Morgan fingerprint density at radius 3 is 2.52 bits per heavy atom. The van der Waals surface area contributed by atoms with E-state index in [1.54, 1.807) is 24.3 Å². The molecular weight excluding hydrogens is 358 g/mol. The molecule has 1 aromatic heterocycles. The molecule has 0 spiro atoms. The fourth-order valence-electron chi connectivity index (χ4n) is 2.63. The van der Waals surface area contributed by atoms with Crippen LogP contribution in [0.15, 0.2) is 59.9 Å². The lowest BCUT2D eigenvalue weighted by Crippen LogP contribution is -2.14. The first-order valence-corrected chi connectivity index (χ1v) is 9.77. The summed E-state index contributed by atoms with van der Waals surface area (Å²) in [7, 11) is 0. The highest BCUT2D eigenvalue weighted by Gasteiger charge is 2.11. The first-order chi connectivity index (χ1) is 13.0. The molecule has 6 heteroatoms. The molecule has 5 nitrogen and oxygen atoms in total. The van der Waals surface area contributed by atoms with Crippen molar-refractivity contribution in [3.05, 3.63) is 60.4 Å². The number of thioether (sulfide) groups is 1. The Morgan fingerprint density at radius 2 is 1.78 bits per heavy atom. The molecule has 3 rings (SSSR count).